The first-order valence-electron chi connectivity index (χ1n) is 7.58. The fourth-order valence-corrected chi connectivity index (χ4v) is 5.44. The van der Waals surface area contributed by atoms with E-state index < -0.39 is 0 Å². The van der Waals surface area contributed by atoms with Crippen molar-refractivity contribution in [3.8, 4) is 0 Å². The minimum atomic E-state index is 0.473. The first-order chi connectivity index (χ1) is 10.4. The zero-order valence-electron chi connectivity index (χ0n) is 12.1. The van der Waals surface area contributed by atoms with Gasteiger partial charge in [0.1, 0.15) is 0 Å². The van der Waals surface area contributed by atoms with Gasteiger partial charge in [-0.1, -0.05) is 0 Å². The Labute approximate surface area is 132 Å². The molecule has 2 nitrogen and oxygen atoms in total. The summed E-state index contributed by atoms with van der Waals surface area (Å²) in [6.07, 6.45) is 9.00. The second kappa shape index (κ2) is 7.53. The van der Waals surface area contributed by atoms with Gasteiger partial charge in [-0.3, -0.25) is 0 Å². The molecule has 0 aliphatic heterocycles. The third-order valence-corrected chi connectivity index (χ3v) is 6.72. The quantitative estimate of drug-likeness (QED) is 0.618. The van der Waals surface area contributed by atoms with Crippen molar-refractivity contribution in [1.82, 2.24) is 4.98 Å². The summed E-state index contributed by atoms with van der Waals surface area (Å²) in [7, 11) is 0. The van der Waals surface area contributed by atoms with E-state index in [1.54, 1.807) is 0 Å². The van der Waals surface area contributed by atoms with Crippen molar-refractivity contribution in [2.75, 3.05) is 0 Å². The van der Waals surface area contributed by atoms with E-state index in [0.717, 1.165) is 10.5 Å². The van der Waals surface area contributed by atoms with E-state index in [-0.39, 0.29) is 0 Å². The molecule has 1 aromatic heterocycles. The topological polar surface area (TPSA) is 25.2 Å². The molecule has 0 spiro atoms. The Morgan fingerprint density at radius 3 is 2.62 bits per heavy atom. The summed E-state index contributed by atoms with van der Waals surface area (Å²) in [5, 5.41) is 0. The number of rotatable bonds is 4. The van der Waals surface area contributed by atoms with Gasteiger partial charge in [-0.2, -0.15) is 0 Å². The van der Waals surface area contributed by atoms with Crippen LogP contribution in [0.2, 0.25) is 4.82 Å². The number of aromatic nitrogens is 1. The molecule has 0 N–H and O–H groups in total. The molecule has 0 bridgehead atoms. The van der Waals surface area contributed by atoms with Crippen molar-refractivity contribution in [2.45, 2.75) is 36.5 Å². The van der Waals surface area contributed by atoms with Gasteiger partial charge in [-0.25, -0.2) is 0 Å². The van der Waals surface area contributed by atoms with Crippen LogP contribution in [-0.4, -0.2) is 32.2 Å². The maximum atomic E-state index is 4.86. The van der Waals surface area contributed by atoms with Crippen molar-refractivity contribution in [2.24, 2.45) is 4.99 Å². The molecule has 2 unspecified atom stereocenters. The number of pyridine rings is 1. The van der Waals surface area contributed by atoms with Gasteiger partial charge < -0.3 is 0 Å². The molecule has 1 aromatic carbocycles. The second-order valence-corrected chi connectivity index (χ2v) is 8.11. The molecule has 1 aliphatic carbocycles. The van der Waals surface area contributed by atoms with Crippen LogP contribution in [0, 0.1) is 0 Å². The van der Waals surface area contributed by atoms with Crippen molar-refractivity contribution in [1.29, 1.82) is 0 Å². The summed E-state index contributed by atoms with van der Waals surface area (Å²) >= 11 is 0.522. The molecule has 0 saturated heterocycles. The van der Waals surface area contributed by atoms with Crippen LogP contribution in [0.3, 0.4) is 0 Å². The Balaban J connectivity index is 1.68. The van der Waals surface area contributed by atoms with E-state index in [9.17, 15) is 0 Å². The normalized spacial score (nSPS) is 22.5. The van der Waals surface area contributed by atoms with Crippen molar-refractivity contribution < 1.29 is 0 Å². The average molecular weight is 343 g/mol. The van der Waals surface area contributed by atoms with Crippen LogP contribution in [-0.2, 0) is 0 Å². The average Bonchev–Trinajstić information content (AvgIpc) is 2.56. The molecule has 1 aliphatic rings. The van der Waals surface area contributed by atoms with Gasteiger partial charge in [0, 0.05) is 0 Å². The summed E-state index contributed by atoms with van der Waals surface area (Å²) in [5.74, 6) is 0. The maximum absolute atomic E-state index is 4.86. The van der Waals surface area contributed by atoms with Crippen LogP contribution < -0.4 is 4.46 Å². The van der Waals surface area contributed by atoms with Gasteiger partial charge >= 0.3 is 133 Å². The molecular formula is C18H20N2Se. The molecule has 0 amide bonds. The van der Waals surface area contributed by atoms with Gasteiger partial charge in [-0.15, -0.1) is 0 Å². The predicted molar refractivity (Wildman–Crippen MR) is 89.7 cm³/mol. The van der Waals surface area contributed by atoms with E-state index in [1.807, 2.05) is 30.6 Å². The Hall–Kier alpha value is -1.44. The predicted octanol–water partition coefficient (Wildman–Crippen LogP) is 3.26. The summed E-state index contributed by atoms with van der Waals surface area (Å²) in [6, 6.07) is 17.3. The molecule has 3 heteroatoms. The van der Waals surface area contributed by atoms with E-state index in [1.165, 1.54) is 30.1 Å². The number of nitrogens with zero attached hydrogens (tertiary/aromatic N) is 2. The van der Waals surface area contributed by atoms with E-state index in [2.05, 4.69) is 35.3 Å². The van der Waals surface area contributed by atoms with E-state index in [0.29, 0.717) is 21.0 Å². The number of aliphatic imine (C=N–C) groups is 1. The van der Waals surface area contributed by atoms with Gasteiger partial charge in [0.25, 0.3) is 0 Å². The van der Waals surface area contributed by atoms with E-state index >= 15 is 0 Å². The Morgan fingerprint density at radius 2 is 1.81 bits per heavy atom. The molecule has 2 atom stereocenters. The molecule has 2 aromatic rings. The van der Waals surface area contributed by atoms with Gasteiger partial charge in [0.05, 0.1) is 0 Å². The van der Waals surface area contributed by atoms with Crippen LogP contribution in [0.4, 0.5) is 0 Å². The van der Waals surface area contributed by atoms with Crippen molar-refractivity contribution in [3.63, 3.8) is 0 Å². The molecule has 1 heterocycles. The SMILES string of the molecule is C(=NC1CCCCC1[Se]c1ccccc1)c1ccccn1. The van der Waals surface area contributed by atoms with E-state index in [4.69, 9.17) is 4.99 Å². The van der Waals surface area contributed by atoms with Crippen molar-refractivity contribution >= 4 is 25.6 Å². The zero-order chi connectivity index (χ0) is 14.3. The number of benzene rings is 1. The first-order valence-corrected chi connectivity index (χ1v) is 9.42. The zero-order valence-corrected chi connectivity index (χ0v) is 13.8. The number of hydrogen-bond acceptors (Lipinski definition) is 2. The Kier molecular flexibility index (Phi) is 5.20. The molecule has 3 rings (SSSR count). The second-order valence-electron chi connectivity index (χ2n) is 5.35. The summed E-state index contributed by atoms with van der Waals surface area (Å²) in [5.41, 5.74) is 0.967. The third kappa shape index (κ3) is 4.26. The summed E-state index contributed by atoms with van der Waals surface area (Å²) < 4.78 is 1.50. The summed E-state index contributed by atoms with van der Waals surface area (Å²) in [6.45, 7) is 0. The van der Waals surface area contributed by atoms with Crippen LogP contribution in [0.15, 0.2) is 59.7 Å². The fraction of sp³-hybridized carbons (Fsp3) is 0.333. The van der Waals surface area contributed by atoms with Crippen molar-refractivity contribution in [3.05, 3.63) is 60.4 Å². The molecule has 1 saturated carbocycles. The summed E-state index contributed by atoms with van der Waals surface area (Å²) in [4.78, 5) is 9.92. The van der Waals surface area contributed by atoms with Gasteiger partial charge in [-0.05, 0) is 0 Å². The van der Waals surface area contributed by atoms with Crippen LogP contribution in [0.25, 0.3) is 0 Å². The standard InChI is InChI=1S/C18H20N2Se/c1-2-9-16(10-3-1)21-18-12-5-4-11-17(18)20-14-15-8-6-7-13-19-15/h1-3,6-10,13-14,17-18H,4-5,11-12H2. The monoisotopic (exact) mass is 344 g/mol. The third-order valence-electron chi connectivity index (χ3n) is 3.78. The Morgan fingerprint density at radius 1 is 1.00 bits per heavy atom. The molecule has 1 fully saturated rings. The minimum absolute atomic E-state index is 0.473. The van der Waals surface area contributed by atoms with Crippen LogP contribution >= 0.6 is 0 Å². The molecule has 21 heavy (non-hydrogen) atoms. The van der Waals surface area contributed by atoms with Gasteiger partial charge in [0.15, 0.2) is 0 Å². The number of hydrogen-bond donors (Lipinski definition) is 0. The first kappa shape index (κ1) is 14.5. The van der Waals surface area contributed by atoms with Gasteiger partial charge in [0.2, 0.25) is 0 Å². The van der Waals surface area contributed by atoms with Crippen LogP contribution in [0.1, 0.15) is 31.4 Å². The Bertz CT molecular complexity index is 568. The van der Waals surface area contributed by atoms with Crippen LogP contribution in [0.5, 0.6) is 0 Å². The molecule has 0 radical (unpaired) electrons. The fourth-order valence-electron chi connectivity index (χ4n) is 2.68. The molecular weight excluding hydrogens is 323 g/mol. The molecule has 108 valence electrons.